The fourth-order valence-corrected chi connectivity index (χ4v) is 3.36. The number of hydrogen-bond donors (Lipinski definition) is 3. The maximum Gasteiger partial charge on any atom is 0.102 e. The predicted molar refractivity (Wildman–Crippen MR) is 81.3 cm³/mol. The second kappa shape index (κ2) is 8.44. The zero-order valence-corrected chi connectivity index (χ0v) is 13.2. The molecule has 3 N–H and O–H groups in total. The molecule has 5 nitrogen and oxygen atoms in total. The normalized spacial score (nSPS) is 35.0. The smallest absolute Gasteiger partial charge is 0.102 e. The van der Waals surface area contributed by atoms with Crippen molar-refractivity contribution in [2.45, 2.75) is 63.3 Å². The summed E-state index contributed by atoms with van der Waals surface area (Å²) in [6.45, 7) is 4.51. The molecule has 21 heavy (non-hydrogen) atoms. The van der Waals surface area contributed by atoms with Crippen molar-refractivity contribution in [2.75, 3.05) is 32.9 Å². The molecule has 0 bridgehead atoms. The molecule has 0 amide bonds. The number of aliphatic hydroxyl groups is 2. The number of rotatable bonds is 8. The molecule has 1 saturated carbocycles. The summed E-state index contributed by atoms with van der Waals surface area (Å²) in [6, 6.07) is 0. The highest BCUT2D eigenvalue weighted by molar-refractivity contribution is 4.85. The third-order valence-corrected chi connectivity index (χ3v) is 4.78. The van der Waals surface area contributed by atoms with Crippen LogP contribution in [0.25, 0.3) is 0 Å². The van der Waals surface area contributed by atoms with Crippen molar-refractivity contribution >= 4 is 0 Å². The maximum absolute atomic E-state index is 10.1. The molecule has 4 unspecified atom stereocenters. The molecule has 4 atom stereocenters. The molecule has 0 aromatic carbocycles. The average Bonchev–Trinajstić information content (AvgIpc) is 2.92. The standard InChI is InChI=1S/C16H31NO4/c1-2-13-5-3-4-6-15(13)21-10-14(18)9-17-11-16(19)7-8-20-12-16/h13-15,17-19H,2-12H2,1H3. The largest absolute Gasteiger partial charge is 0.389 e. The molecule has 0 aromatic rings. The van der Waals surface area contributed by atoms with Gasteiger partial charge >= 0.3 is 0 Å². The van der Waals surface area contributed by atoms with Crippen LogP contribution in [0.15, 0.2) is 0 Å². The van der Waals surface area contributed by atoms with Crippen molar-refractivity contribution in [1.82, 2.24) is 5.32 Å². The summed E-state index contributed by atoms with van der Waals surface area (Å²) in [5.74, 6) is 0.648. The van der Waals surface area contributed by atoms with E-state index in [0.29, 0.717) is 51.4 Å². The first kappa shape index (κ1) is 17.2. The van der Waals surface area contributed by atoms with Gasteiger partial charge in [-0.1, -0.05) is 26.2 Å². The van der Waals surface area contributed by atoms with E-state index in [4.69, 9.17) is 9.47 Å². The Hall–Kier alpha value is -0.200. The van der Waals surface area contributed by atoms with Crippen LogP contribution in [0.4, 0.5) is 0 Å². The van der Waals surface area contributed by atoms with Crippen molar-refractivity contribution in [2.24, 2.45) is 5.92 Å². The van der Waals surface area contributed by atoms with Gasteiger partial charge in [0.15, 0.2) is 0 Å². The molecular formula is C16H31NO4. The lowest BCUT2D eigenvalue weighted by molar-refractivity contribution is -0.0513. The molecule has 1 aliphatic heterocycles. The topological polar surface area (TPSA) is 71.0 Å². The quantitative estimate of drug-likeness (QED) is 0.626. The van der Waals surface area contributed by atoms with Crippen molar-refractivity contribution in [3.05, 3.63) is 0 Å². The van der Waals surface area contributed by atoms with Gasteiger partial charge in [-0.15, -0.1) is 0 Å². The minimum atomic E-state index is -0.767. The van der Waals surface area contributed by atoms with Crippen LogP contribution in [0.5, 0.6) is 0 Å². The monoisotopic (exact) mass is 301 g/mol. The van der Waals surface area contributed by atoms with E-state index in [1.807, 2.05) is 0 Å². The summed E-state index contributed by atoms with van der Waals surface area (Å²) >= 11 is 0. The second-order valence-corrected chi connectivity index (χ2v) is 6.64. The molecule has 0 radical (unpaired) electrons. The Kier molecular flexibility index (Phi) is 6.89. The molecule has 2 fully saturated rings. The highest BCUT2D eigenvalue weighted by atomic mass is 16.5. The van der Waals surface area contributed by atoms with Gasteiger partial charge in [-0.3, -0.25) is 0 Å². The molecule has 1 aliphatic carbocycles. The minimum absolute atomic E-state index is 0.311. The van der Waals surface area contributed by atoms with Gasteiger partial charge in [-0.05, 0) is 18.8 Å². The molecule has 0 aromatic heterocycles. The second-order valence-electron chi connectivity index (χ2n) is 6.64. The van der Waals surface area contributed by atoms with Crippen LogP contribution in [-0.4, -0.2) is 60.9 Å². The number of ether oxygens (including phenoxy) is 2. The van der Waals surface area contributed by atoms with Crippen molar-refractivity contribution in [3.63, 3.8) is 0 Å². The fraction of sp³-hybridized carbons (Fsp3) is 1.00. The van der Waals surface area contributed by atoms with E-state index in [9.17, 15) is 10.2 Å². The molecule has 1 heterocycles. The zero-order valence-electron chi connectivity index (χ0n) is 13.2. The number of nitrogens with one attached hydrogen (secondary N) is 1. The predicted octanol–water partition coefficient (Wildman–Crippen LogP) is 1.07. The Morgan fingerprint density at radius 1 is 1.38 bits per heavy atom. The van der Waals surface area contributed by atoms with Crippen LogP contribution in [0, 0.1) is 5.92 Å². The number of aliphatic hydroxyl groups excluding tert-OH is 1. The van der Waals surface area contributed by atoms with Crippen molar-refractivity contribution in [3.8, 4) is 0 Å². The van der Waals surface area contributed by atoms with E-state index < -0.39 is 11.7 Å². The summed E-state index contributed by atoms with van der Waals surface area (Å²) in [7, 11) is 0. The van der Waals surface area contributed by atoms with Gasteiger partial charge in [0, 0.05) is 26.1 Å². The molecule has 2 aliphatic rings. The van der Waals surface area contributed by atoms with Gasteiger partial charge in [0.2, 0.25) is 0 Å². The van der Waals surface area contributed by atoms with Crippen LogP contribution < -0.4 is 5.32 Å². The summed E-state index contributed by atoms with van der Waals surface area (Å²) in [5.41, 5.74) is -0.767. The lowest BCUT2D eigenvalue weighted by Gasteiger charge is -2.31. The molecular weight excluding hydrogens is 270 g/mol. The SMILES string of the molecule is CCC1CCCCC1OCC(O)CNCC1(O)CCOC1. The maximum atomic E-state index is 10.1. The minimum Gasteiger partial charge on any atom is -0.389 e. The molecule has 5 heteroatoms. The third-order valence-electron chi connectivity index (χ3n) is 4.78. The molecule has 1 saturated heterocycles. The zero-order chi connectivity index (χ0) is 15.1. The first-order valence-electron chi connectivity index (χ1n) is 8.43. The van der Waals surface area contributed by atoms with Gasteiger partial charge in [0.1, 0.15) is 5.60 Å². The van der Waals surface area contributed by atoms with Crippen molar-refractivity contribution < 1.29 is 19.7 Å². The third kappa shape index (κ3) is 5.49. The average molecular weight is 301 g/mol. The fourth-order valence-electron chi connectivity index (χ4n) is 3.36. The van der Waals surface area contributed by atoms with Gasteiger partial charge in [0.25, 0.3) is 0 Å². The van der Waals surface area contributed by atoms with Gasteiger partial charge < -0.3 is 25.0 Å². The van der Waals surface area contributed by atoms with E-state index in [0.717, 1.165) is 12.8 Å². The Balaban J connectivity index is 1.59. The first-order valence-corrected chi connectivity index (χ1v) is 8.43. The van der Waals surface area contributed by atoms with Crippen LogP contribution in [0.1, 0.15) is 45.4 Å². The van der Waals surface area contributed by atoms with E-state index in [1.165, 1.54) is 19.3 Å². The summed E-state index contributed by atoms with van der Waals surface area (Å²) in [4.78, 5) is 0. The lowest BCUT2D eigenvalue weighted by Crippen LogP contribution is -2.44. The van der Waals surface area contributed by atoms with Crippen LogP contribution >= 0.6 is 0 Å². The molecule has 2 rings (SSSR count). The van der Waals surface area contributed by atoms with Gasteiger partial charge in [-0.2, -0.15) is 0 Å². The van der Waals surface area contributed by atoms with E-state index >= 15 is 0 Å². The van der Waals surface area contributed by atoms with Gasteiger partial charge in [-0.25, -0.2) is 0 Å². The summed E-state index contributed by atoms with van der Waals surface area (Å²) < 4.78 is 11.1. The Morgan fingerprint density at radius 3 is 2.90 bits per heavy atom. The first-order chi connectivity index (χ1) is 10.1. The highest BCUT2D eigenvalue weighted by Crippen LogP contribution is 2.29. The molecule has 124 valence electrons. The summed E-state index contributed by atoms with van der Waals surface area (Å²) in [5, 5.41) is 23.2. The van der Waals surface area contributed by atoms with Gasteiger partial charge in [0.05, 0.1) is 25.4 Å². The number of hydrogen-bond acceptors (Lipinski definition) is 5. The van der Waals surface area contributed by atoms with E-state index in [-0.39, 0.29) is 0 Å². The summed E-state index contributed by atoms with van der Waals surface area (Å²) in [6.07, 6.45) is 6.53. The highest BCUT2D eigenvalue weighted by Gasteiger charge is 2.32. The van der Waals surface area contributed by atoms with E-state index in [2.05, 4.69) is 12.2 Å². The molecule has 0 spiro atoms. The van der Waals surface area contributed by atoms with E-state index in [1.54, 1.807) is 0 Å². The Labute approximate surface area is 128 Å². The Morgan fingerprint density at radius 2 is 2.19 bits per heavy atom. The van der Waals surface area contributed by atoms with Crippen LogP contribution in [-0.2, 0) is 9.47 Å². The Bertz CT molecular complexity index is 294. The lowest BCUT2D eigenvalue weighted by atomic mass is 9.85. The van der Waals surface area contributed by atoms with Crippen LogP contribution in [0.3, 0.4) is 0 Å². The van der Waals surface area contributed by atoms with Crippen molar-refractivity contribution in [1.29, 1.82) is 0 Å². The van der Waals surface area contributed by atoms with Crippen LogP contribution in [0.2, 0.25) is 0 Å².